The number of aromatic nitrogens is 2. The first-order chi connectivity index (χ1) is 14.3. The summed E-state index contributed by atoms with van der Waals surface area (Å²) in [6.07, 6.45) is -1.35. The molecule has 3 aromatic rings. The average molecular weight is 409 g/mol. The van der Waals surface area contributed by atoms with E-state index in [0.29, 0.717) is 28.9 Å². The van der Waals surface area contributed by atoms with Crippen molar-refractivity contribution in [3.05, 3.63) is 82.7 Å². The van der Waals surface area contributed by atoms with E-state index in [-0.39, 0.29) is 12.3 Å². The molecule has 0 saturated carbocycles. The predicted molar refractivity (Wildman–Crippen MR) is 103 cm³/mol. The monoisotopic (exact) mass is 409 g/mol. The first kappa shape index (κ1) is 19.4. The van der Waals surface area contributed by atoms with Crippen LogP contribution in [0.25, 0.3) is 0 Å². The molecule has 0 radical (unpaired) electrons. The third-order valence-electron chi connectivity index (χ3n) is 4.60. The molecule has 0 saturated heterocycles. The van der Waals surface area contributed by atoms with Crippen molar-refractivity contribution in [3.8, 4) is 6.07 Å². The number of nitrogens with one attached hydrogen (secondary N) is 1. The molecule has 1 amide bonds. The van der Waals surface area contributed by atoms with E-state index in [4.69, 9.17) is 5.26 Å². The van der Waals surface area contributed by atoms with Crippen LogP contribution in [-0.4, -0.2) is 21.4 Å². The number of aliphatic imine (C=N–C) groups is 1. The lowest BCUT2D eigenvalue weighted by molar-refractivity contribution is -0.137. The van der Waals surface area contributed by atoms with Crippen molar-refractivity contribution in [1.29, 1.82) is 5.26 Å². The molecule has 0 fully saturated rings. The van der Waals surface area contributed by atoms with Crippen molar-refractivity contribution in [1.82, 2.24) is 9.78 Å². The number of carbonyl (C=O) groups is 1. The Morgan fingerprint density at radius 3 is 2.83 bits per heavy atom. The second kappa shape index (κ2) is 7.48. The predicted octanol–water partition coefficient (Wildman–Crippen LogP) is 3.76. The third-order valence-corrected chi connectivity index (χ3v) is 4.60. The summed E-state index contributed by atoms with van der Waals surface area (Å²) in [5, 5.41) is 15.8. The number of fused-ring (bicyclic) bond motifs is 1. The van der Waals surface area contributed by atoms with Crippen LogP contribution in [0.3, 0.4) is 0 Å². The van der Waals surface area contributed by atoms with Gasteiger partial charge in [-0.25, -0.2) is 0 Å². The van der Waals surface area contributed by atoms with Gasteiger partial charge in [0, 0.05) is 11.8 Å². The zero-order valence-electron chi connectivity index (χ0n) is 15.4. The summed E-state index contributed by atoms with van der Waals surface area (Å²) in [5.41, 5.74) is 1.93. The Hall–Kier alpha value is -3.93. The molecule has 0 atom stereocenters. The normalized spacial score (nSPS) is 12.8. The van der Waals surface area contributed by atoms with Crippen LogP contribution in [0, 0.1) is 11.3 Å². The van der Waals surface area contributed by atoms with Gasteiger partial charge < -0.3 is 5.32 Å². The van der Waals surface area contributed by atoms with Gasteiger partial charge in [0.25, 0.3) is 5.91 Å². The Bertz CT molecular complexity index is 1200. The minimum absolute atomic E-state index is 0.0243. The molecule has 2 heterocycles. The van der Waals surface area contributed by atoms with Crippen LogP contribution in [-0.2, 0) is 24.1 Å². The number of hydrogen-bond acceptors (Lipinski definition) is 4. The van der Waals surface area contributed by atoms with Crippen LogP contribution in [0.1, 0.15) is 27.8 Å². The molecule has 9 heteroatoms. The van der Waals surface area contributed by atoms with Gasteiger partial charge in [0.2, 0.25) is 0 Å². The third kappa shape index (κ3) is 3.93. The molecule has 30 heavy (non-hydrogen) atoms. The van der Waals surface area contributed by atoms with Crippen LogP contribution in [0.5, 0.6) is 0 Å². The molecule has 1 aliphatic heterocycles. The average Bonchev–Trinajstić information content (AvgIpc) is 3.33. The highest BCUT2D eigenvalue weighted by atomic mass is 19.4. The van der Waals surface area contributed by atoms with Gasteiger partial charge in [-0.15, -0.1) is 0 Å². The molecule has 4 rings (SSSR count). The maximum Gasteiger partial charge on any atom is 0.416 e. The zero-order chi connectivity index (χ0) is 21.3. The molecule has 6 nitrogen and oxygen atoms in total. The number of halogens is 3. The van der Waals surface area contributed by atoms with Crippen molar-refractivity contribution >= 4 is 17.3 Å². The number of benzene rings is 2. The first-order valence-electron chi connectivity index (χ1n) is 8.91. The molecule has 0 spiro atoms. The fraction of sp³-hybridized carbons (Fsp3) is 0.143. The lowest BCUT2D eigenvalue weighted by atomic mass is 10.0. The molecular formula is C21H14F3N5O. The second-order valence-electron chi connectivity index (χ2n) is 6.73. The standard InChI is InChI=1S/C21H14F3N5O/c22-21(23,24)16-4-5-18-15(7-16)9-26-19(18)20(30)28-17-10-27-29(12-17)11-14-3-1-2-13(6-14)8-25/h1-7,10,12H,9,11H2,(H,28,30). The van der Waals surface area contributed by atoms with Gasteiger partial charge in [-0.2, -0.15) is 23.5 Å². The van der Waals surface area contributed by atoms with Crippen LogP contribution in [0.15, 0.2) is 59.9 Å². The topological polar surface area (TPSA) is 83.1 Å². The van der Waals surface area contributed by atoms with Crippen LogP contribution < -0.4 is 5.32 Å². The minimum atomic E-state index is -4.44. The van der Waals surface area contributed by atoms with Gasteiger partial charge in [0.1, 0.15) is 5.71 Å². The summed E-state index contributed by atoms with van der Waals surface area (Å²) in [6.45, 7) is 0.436. The molecule has 150 valence electrons. The van der Waals surface area contributed by atoms with Crippen molar-refractivity contribution in [2.75, 3.05) is 5.32 Å². The summed E-state index contributed by atoms with van der Waals surface area (Å²) in [5.74, 6) is -0.514. The van der Waals surface area contributed by atoms with E-state index < -0.39 is 17.6 Å². The summed E-state index contributed by atoms with van der Waals surface area (Å²) >= 11 is 0. The van der Waals surface area contributed by atoms with Gasteiger partial charge in [-0.3, -0.25) is 14.5 Å². The fourth-order valence-electron chi connectivity index (χ4n) is 3.21. The summed E-state index contributed by atoms with van der Waals surface area (Å²) in [6, 6.07) is 12.4. The van der Waals surface area contributed by atoms with E-state index in [1.807, 2.05) is 6.07 Å². The maximum atomic E-state index is 12.9. The van der Waals surface area contributed by atoms with E-state index in [1.54, 1.807) is 29.1 Å². The summed E-state index contributed by atoms with van der Waals surface area (Å²) < 4.78 is 40.2. The van der Waals surface area contributed by atoms with Crippen molar-refractivity contribution < 1.29 is 18.0 Å². The highest BCUT2D eigenvalue weighted by molar-refractivity contribution is 6.49. The lowest BCUT2D eigenvalue weighted by Crippen LogP contribution is -2.22. The van der Waals surface area contributed by atoms with Gasteiger partial charge in [0.05, 0.1) is 42.2 Å². The van der Waals surface area contributed by atoms with Crippen molar-refractivity contribution in [3.63, 3.8) is 0 Å². The number of carbonyl (C=O) groups excluding carboxylic acids is 1. The first-order valence-corrected chi connectivity index (χ1v) is 8.91. The number of nitriles is 1. The Labute approximate surface area is 169 Å². The minimum Gasteiger partial charge on any atom is -0.318 e. The van der Waals surface area contributed by atoms with Crippen molar-refractivity contribution in [2.24, 2.45) is 4.99 Å². The fourth-order valence-corrected chi connectivity index (χ4v) is 3.21. The number of alkyl halides is 3. The summed E-state index contributed by atoms with van der Waals surface area (Å²) in [4.78, 5) is 16.7. The van der Waals surface area contributed by atoms with Crippen LogP contribution >= 0.6 is 0 Å². The number of anilines is 1. The van der Waals surface area contributed by atoms with E-state index in [0.717, 1.165) is 17.7 Å². The smallest absolute Gasteiger partial charge is 0.318 e. The summed E-state index contributed by atoms with van der Waals surface area (Å²) in [7, 11) is 0. The molecule has 0 bridgehead atoms. The Morgan fingerprint density at radius 1 is 1.23 bits per heavy atom. The SMILES string of the molecule is N#Cc1cccc(Cn2cc(NC(=O)C3=NCc4cc(C(F)(F)F)ccc43)cn2)c1. The molecule has 0 unspecified atom stereocenters. The van der Waals surface area contributed by atoms with Gasteiger partial charge in [-0.1, -0.05) is 18.2 Å². The van der Waals surface area contributed by atoms with E-state index in [2.05, 4.69) is 21.5 Å². The van der Waals surface area contributed by atoms with E-state index >= 15 is 0 Å². The van der Waals surface area contributed by atoms with Gasteiger partial charge in [0.15, 0.2) is 0 Å². The molecule has 1 N–H and O–H groups in total. The Kier molecular flexibility index (Phi) is 4.83. The molecule has 1 aliphatic rings. The molecule has 0 aliphatic carbocycles. The Morgan fingerprint density at radius 2 is 2.07 bits per heavy atom. The van der Waals surface area contributed by atoms with Crippen LogP contribution in [0.4, 0.5) is 18.9 Å². The molecule has 1 aromatic heterocycles. The van der Waals surface area contributed by atoms with Crippen molar-refractivity contribution in [2.45, 2.75) is 19.3 Å². The number of amides is 1. The number of rotatable bonds is 4. The Balaban J connectivity index is 1.45. The number of hydrogen-bond donors (Lipinski definition) is 1. The molecular weight excluding hydrogens is 395 g/mol. The van der Waals surface area contributed by atoms with Gasteiger partial charge in [-0.05, 0) is 35.4 Å². The van der Waals surface area contributed by atoms with E-state index in [9.17, 15) is 18.0 Å². The quantitative estimate of drug-likeness (QED) is 0.712. The highest BCUT2D eigenvalue weighted by Crippen LogP contribution is 2.32. The maximum absolute atomic E-state index is 12.9. The molecule has 2 aromatic carbocycles. The largest absolute Gasteiger partial charge is 0.416 e. The number of nitrogens with zero attached hydrogens (tertiary/aromatic N) is 4. The lowest BCUT2D eigenvalue weighted by Gasteiger charge is -2.09. The van der Waals surface area contributed by atoms with E-state index in [1.165, 1.54) is 12.3 Å². The highest BCUT2D eigenvalue weighted by Gasteiger charge is 2.32. The van der Waals surface area contributed by atoms with Gasteiger partial charge >= 0.3 is 6.18 Å². The second-order valence-corrected chi connectivity index (χ2v) is 6.73. The zero-order valence-corrected chi connectivity index (χ0v) is 15.4. The van der Waals surface area contributed by atoms with Crippen LogP contribution in [0.2, 0.25) is 0 Å².